The highest BCUT2D eigenvalue weighted by Crippen LogP contribution is 2.31. The summed E-state index contributed by atoms with van der Waals surface area (Å²) < 4.78 is 29.5. The van der Waals surface area contributed by atoms with Gasteiger partial charge >= 0.3 is 11.9 Å². The molecule has 21 heavy (non-hydrogen) atoms. The van der Waals surface area contributed by atoms with Gasteiger partial charge in [0.1, 0.15) is 12.7 Å². The van der Waals surface area contributed by atoms with E-state index in [4.69, 9.17) is 14.2 Å². The molecule has 1 aromatic carbocycles. The van der Waals surface area contributed by atoms with Crippen LogP contribution in [0.1, 0.15) is 24.2 Å². The van der Waals surface area contributed by atoms with Crippen LogP contribution in [0, 0.1) is 0 Å². The second-order valence-electron chi connectivity index (χ2n) is 5.12. The molecule has 1 heterocycles. The fourth-order valence-electron chi connectivity index (χ4n) is 2.19. The number of carbonyl (C=O) groups excluding carboxylic acids is 2. The lowest BCUT2D eigenvalue weighted by Crippen LogP contribution is -2.43. The van der Waals surface area contributed by atoms with Gasteiger partial charge in [-0.15, -0.1) is 0 Å². The predicted octanol–water partition coefficient (Wildman–Crippen LogP) is 1.90. The third-order valence-corrected chi connectivity index (χ3v) is 3.26. The summed E-state index contributed by atoms with van der Waals surface area (Å²) in [7, 11) is 0. The molecule has 1 aliphatic rings. The molecule has 5 nitrogen and oxygen atoms in total. The Morgan fingerprint density at radius 1 is 1.38 bits per heavy atom. The second-order valence-corrected chi connectivity index (χ2v) is 5.12. The van der Waals surface area contributed by atoms with Gasteiger partial charge in [-0.25, -0.2) is 9.18 Å². The molecule has 114 valence electrons. The highest BCUT2D eigenvalue weighted by Gasteiger charge is 2.50. The molecule has 0 saturated carbocycles. The Labute approximate surface area is 122 Å². The van der Waals surface area contributed by atoms with E-state index in [1.165, 1.54) is 13.8 Å². The minimum absolute atomic E-state index is 0.0682. The highest BCUT2D eigenvalue weighted by atomic mass is 19.1. The maximum absolute atomic E-state index is 14.3. The quantitative estimate of drug-likeness (QED) is 0.794. The van der Waals surface area contributed by atoms with E-state index >= 15 is 0 Å². The lowest BCUT2D eigenvalue weighted by molar-refractivity contribution is -0.159. The normalized spacial score (nSPS) is 28.1. The molecule has 6 heteroatoms. The van der Waals surface area contributed by atoms with Gasteiger partial charge in [-0.3, -0.25) is 4.79 Å². The topological polar surface area (TPSA) is 61.8 Å². The van der Waals surface area contributed by atoms with Crippen molar-refractivity contribution in [2.45, 2.75) is 31.7 Å². The van der Waals surface area contributed by atoms with E-state index in [-0.39, 0.29) is 13.2 Å². The van der Waals surface area contributed by atoms with E-state index in [9.17, 15) is 14.0 Å². The Hall–Kier alpha value is -1.95. The molecular weight excluding hydrogens is 279 g/mol. The lowest BCUT2D eigenvalue weighted by atomic mass is 10.0. The van der Waals surface area contributed by atoms with E-state index in [0.717, 1.165) is 0 Å². The van der Waals surface area contributed by atoms with Crippen molar-refractivity contribution in [2.24, 2.45) is 0 Å². The van der Waals surface area contributed by atoms with Gasteiger partial charge < -0.3 is 14.2 Å². The van der Waals surface area contributed by atoms with Crippen molar-refractivity contribution < 1.29 is 28.2 Å². The van der Waals surface area contributed by atoms with Crippen LogP contribution < -0.4 is 0 Å². The maximum atomic E-state index is 14.3. The SMILES string of the molecule is CC(=O)OC1(C)CO[C@H](COC(=O)c2ccccc2)[C@@H]1F. The van der Waals surface area contributed by atoms with Crippen LogP contribution in [-0.4, -0.2) is 43.0 Å². The molecule has 1 unspecified atom stereocenters. The molecule has 0 aromatic heterocycles. The smallest absolute Gasteiger partial charge is 0.338 e. The molecular formula is C15H17FO5. The predicted molar refractivity (Wildman–Crippen MR) is 71.5 cm³/mol. The van der Waals surface area contributed by atoms with Crippen LogP contribution >= 0.6 is 0 Å². The van der Waals surface area contributed by atoms with Gasteiger partial charge in [-0.1, -0.05) is 18.2 Å². The molecule has 0 aliphatic carbocycles. The largest absolute Gasteiger partial charge is 0.459 e. The number of halogens is 1. The van der Waals surface area contributed by atoms with Crippen molar-refractivity contribution in [3.05, 3.63) is 35.9 Å². The third kappa shape index (κ3) is 3.58. The number of esters is 2. The summed E-state index contributed by atoms with van der Waals surface area (Å²) in [5.74, 6) is -1.13. The first-order chi connectivity index (χ1) is 9.92. The maximum Gasteiger partial charge on any atom is 0.338 e. The number of ether oxygens (including phenoxy) is 3. The fourth-order valence-corrected chi connectivity index (χ4v) is 2.19. The number of hydrogen-bond acceptors (Lipinski definition) is 5. The summed E-state index contributed by atoms with van der Waals surface area (Å²) >= 11 is 0. The number of carbonyl (C=O) groups is 2. The number of alkyl halides is 1. The van der Waals surface area contributed by atoms with Crippen LogP contribution in [0.15, 0.2) is 30.3 Å². The average molecular weight is 296 g/mol. The third-order valence-electron chi connectivity index (χ3n) is 3.26. The highest BCUT2D eigenvalue weighted by molar-refractivity contribution is 5.89. The summed E-state index contributed by atoms with van der Waals surface area (Å²) in [4.78, 5) is 22.7. The second kappa shape index (κ2) is 6.22. The monoisotopic (exact) mass is 296 g/mol. The van der Waals surface area contributed by atoms with Crippen molar-refractivity contribution >= 4 is 11.9 Å². The van der Waals surface area contributed by atoms with Crippen LogP contribution in [0.2, 0.25) is 0 Å². The van der Waals surface area contributed by atoms with Crippen molar-refractivity contribution in [2.75, 3.05) is 13.2 Å². The van der Waals surface area contributed by atoms with Crippen LogP contribution in [0.4, 0.5) is 4.39 Å². The number of hydrogen-bond donors (Lipinski definition) is 0. The number of benzene rings is 1. The van der Waals surface area contributed by atoms with Gasteiger partial charge in [-0.2, -0.15) is 0 Å². The summed E-state index contributed by atoms with van der Waals surface area (Å²) in [5.41, 5.74) is -0.955. The van der Waals surface area contributed by atoms with E-state index in [1.807, 2.05) is 0 Å². The van der Waals surface area contributed by atoms with E-state index in [2.05, 4.69) is 0 Å². The Bertz CT molecular complexity index is 518. The first kappa shape index (κ1) is 15.4. The molecule has 1 fully saturated rings. The molecule has 0 spiro atoms. The van der Waals surface area contributed by atoms with Crippen LogP contribution in [0.25, 0.3) is 0 Å². The Morgan fingerprint density at radius 3 is 2.67 bits per heavy atom. The first-order valence-electron chi connectivity index (χ1n) is 6.60. The fraction of sp³-hybridized carbons (Fsp3) is 0.467. The van der Waals surface area contributed by atoms with Crippen molar-refractivity contribution in [3.8, 4) is 0 Å². The first-order valence-corrected chi connectivity index (χ1v) is 6.60. The van der Waals surface area contributed by atoms with E-state index in [1.54, 1.807) is 30.3 Å². The summed E-state index contributed by atoms with van der Waals surface area (Å²) in [5, 5.41) is 0. The molecule has 2 rings (SSSR count). The van der Waals surface area contributed by atoms with Crippen molar-refractivity contribution in [3.63, 3.8) is 0 Å². The molecule has 0 N–H and O–H groups in total. The Morgan fingerprint density at radius 2 is 2.05 bits per heavy atom. The van der Waals surface area contributed by atoms with Crippen LogP contribution in [-0.2, 0) is 19.0 Å². The van der Waals surface area contributed by atoms with Gasteiger partial charge in [-0.05, 0) is 19.1 Å². The van der Waals surface area contributed by atoms with Crippen molar-refractivity contribution in [1.82, 2.24) is 0 Å². The zero-order chi connectivity index (χ0) is 15.5. The Balaban J connectivity index is 1.90. The van der Waals surface area contributed by atoms with Gasteiger partial charge in [0, 0.05) is 6.92 Å². The van der Waals surface area contributed by atoms with Gasteiger partial charge in [0.15, 0.2) is 11.8 Å². The molecule has 1 aliphatic heterocycles. The minimum atomic E-state index is -1.55. The molecule has 0 radical (unpaired) electrons. The number of rotatable bonds is 4. The summed E-state index contributed by atoms with van der Waals surface area (Å²) in [6, 6.07) is 8.40. The summed E-state index contributed by atoms with van der Waals surface area (Å²) in [6.45, 7) is 2.37. The van der Waals surface area contributed by atoms with Crippen LogP contribution in [0.3, 0.4) is 0 Å². The molecule has 0 bridgehead atoms. The lowest BCUT2D eigenvalue weighted by Gasteiger charge is -2.25. The van der Waals surface area contributed by atoms with Crippen molar-refractivity contribution in [1.29, 1.82) is 0 Å². The van der Waals surface area contributed by atoms with Gasteiger partial charge in [0.2, 0.25) is 0 Å². The standard InChI is InChI=1S/C15H17FO5/c1-10(17)21-15(2)9-20-12(13(15)16)8-19-14(18)11-6-4-3-5-7-11/h3-7,12-13H,8-9H2,1-2H3/t12-,13+,15?/m1/s1. The zero-order valence-corrected chi connectivity index (χ0v) is 11.9. The minimum Gasteiger partial charge on any atom is -0.459 e. The molecule has 1 aromatic rings. The van der Waals surface area contributed by atoms with E-state index in [0.29, 0.717) is 5.56 Å². The average Bonchev–Trinajstić information content (AvgIpc) is 2.72. The van der Waals surface area contributed by atoms with Gasteiger partial charge in [0.25, 0.3) is 0 Å². The van der Waals surface area contributed by atoms with Gasteiger partial charge in [0.05, 0.1) is 12.2 Å². The van der Waals surface area contributed by atoms with E-state index < -0.39 is 29.8 Å². The molecule has 0 amide bonds. The van der Waals surface area contributed by atoms with Crippen LogP contribution in [0.5, 0.6) is 0 Å². The Kier molecular flexibility index (Phi) is 4.57. The summed E-state index contributed by atoms with van der Waals surface area (Å²) in [6.07, 6.45) is -2.49. The molecule has 3 atom stereocenters. The zero-order valence-electron chi connectivity index (χ0n) is 11.9. The molecule has 1 saturated heterocycles.